The number of hydrogen-bond acceptors (Lipinski definition) is 4. The zero-order chi connectivity index (χ0) is 15.5. The molecule has 1 aromatic heterocycles. The van der Waals surface area contributed by atoms with Crippen LogP contribution in [0, 0.1) is 11.8 Å². The third-order valence-corrected chi connectivity index (χ3v) is 4.69. The second kappa shape index (κ2) is 6.50. The molecule has 22 heavy (non-hydrogen) atoms. The summed E-state index contributed by atoms with van der Waals surface area (Å²) in [4.78, 5) is 33.9. The fourth-order valence-corrected chi connectivity index (χ4v) is 3.50. The maximum absolute atomic E-state index is 12.8. The lowest BCUT2D eigenvalue weighted by Gasteiger charge is -2.34. The number of rotatable bonds is 3. The first kappa shape index (κ1) is 15.1. The molecule has 1 N–H and O–H groups in total. The number of carbonyl (C=O) groups excluding carboxylic acids is 2. The lowest BCUT2D eigenvalue weighted by Crippen LogP contribution is -2.46. The van der Waals surface area contributed by atoms with Crippen molar-refractivity contribution in [2.24, 2.45) is 11.8 Å². The number of nitrogens with zero attached hydrogens (tertiary/aromatic N) is 2. The van der Waals surface area contributed by atoms with E-state index in [1.165, 1.54) is 0 Å². The maximum atomic E-state index is 12.8. The van der Waals surface area contributed by atoms with Gasteiger partial charge in [0.25, 0.3) is 0 Å². The SMILES string of the molecule is CCOC(=O)C1CCCN(C(=O)C2CCc3nc[nH]c3C2)C1. The van der Waals surface area contributed by atoms with Gasteiger partial charge in [-0.1, -0.05) is 0 Å². The Morgan fingerprint density at radius 3 is 3.09 bits per heavy atom. The molecule has 2 atom stereocenters. The summed E-state index contributed by atoms with van der Waals surface area (Å²) < 4.78 is 5.10. The maximum Gasteiger partial charge on any atom is 0.310 e. The summed E-state index contributed by atoms with van der Waals surface area (Å²) in [5, 5.41) is 0. The molecule has 0 radical (unpaired) electrons. The minimum Gasteiger partial charge on any atom is -0.466 e. The molecular formula is C16H23N3O3. The molecule has 1 aromatic rings. The Morgan fingerprint density at radius 1 is 1.41 bits per heavy atom. The van der Waals surface area contributed by atoms with E-state index in [1.807, 2.05) is 11.8 Å². The largest absolute Gasteiger partial charge is 0.466 e. The molecule has 0 spiro atoms. The highest BCUT2D eigenvalue weighted by molar-refractivity contribution is 5.81. The molecule has 0 saturated carbocycles. The Hall–Kier alpha value is -1.85. The highest BCUT2D eigenvalue weighted by Crippen LogP contribution is 2.27. The smallest absolute Gasteiger partial charge is 0.310 e. The fraction of sp³-hybridized carbons (Fsp3) is 0.688. The molecule has 6 nitrogen and oxygen atoms in total. The van der Waals surface area contributed by atoms with Crippen molar-refractivity contribution in [2.75, 3.05) is 19.7 Å². The molecule has 6 heteroatoms. The fourth-order valence-electron chi connectivity index (χ4n) is 3.50. The van der Waals surface area contributed by atoms with Gasteiger partial charge >= 0.3 is 5.97 Å². The van der Waals surface area contributed by atoms with Gasteiger partial charge in [-0.25, -0.2) is 4.98 Å². The average molecular weight is 305 g/mol. The van der Waals surface area contributed by atoms with Crippen molar-refractivity contribution in [2.45, 2.75) is 39.0 Å². The van der Waals surface area contributed by atoms with Gasteiger partial charge in [-0.2, -0.15) is 0 Å². The van der Waals surface area contributed by atoms with Crippen molar-refractivity contribution in [1.29, 1.82) is 0 Å². The second-order valence-electron chi connectivity index (χ2n) is 6.14. The number of aryl methyl sites for hydroxylation is 1. The minimum atomic E-state index is -0.167. The number of ether oxygens (including phenoxy) is 1. The Bertz CT molecular complexity index is 555. The van der Waals surface area contributed by atoms with E-state index in [0.717, 1.165) is 50.0 Å². The topological polar surface area (TPSA) is 75.3 Å². The summed E-state index contributed by atoms with van der Waals surface area (Å²) in [6, 6.07) is 0. The highest BCUT2D eigenvalue weighted by atomic mass is 16.5. The van der Waals surface area contributed by atoms with E-state index < -0.39 is 0 Å². The Labute approximate surface area is 130 Å². The molecule has 2 unspecified atom stereocenters. The van der Waals surface area contributed by atoms with Crippen molar-refractivity contribution >= 4 is 11.9 Å². The summed E-state index contributed by atoms with van der Waals surface area (Å²) in [5.74, 6) is -0.147. The quantitative estimate of drug-likeness (QED) is 0.855. The van der Waals surface area contributed by atoms with Crippen LogP contribution in [0.1, 0.15) is 37.6 Å². The number of likely N-dealkylation sites (tertiary alicyclic amines) is 1. The number of carbonyl (C=O) groups is 2. The predicted molar refractivity (Wildman–Crippen MR) is 80.0 cm³/mol. The Morgan fingerprint density at radius 2 is 2.27 bits per heavy atom. The molecule has 1 amide bonds. The van der Waals surface area contributed by atoms with Crippen LogP contribution in [-0.2, 0) is 27.2 Å². The summed E-state index contributed by atoms with van der Waals surface area (Å²) in [6.45, 7) is 3.47. The number of piperidine rings is 1. The van der Waals surface area contributed by atoms with Crippen LogP contribution in [0.25, 0.3) is 0 Å². The van der Waals surface area contributed by atoms with Gasteiger partial charge in [0, 0.05) is 31.1 Å². The van der Waals surface area contributed by atoms with E-state index >= 15 is 0 Å². The molecule has 1 fully saturated rings. The molecule has 0 bridgehead atoms. The molecule has 2 aliphatic rings. The van der Waals surface area contributed by atoms with Crippen molar-refractivity contribution < 1.29 is 14.3 Å². The van der Waals surface area contributed by atoms with E-state index in [9.17, 15) is 9.59 Å². The Kier molecular flexibility index (Phi) is 4.45. The van der Waals surface area contributed by atoms with Crippen LogP contribution in [0.2, 0.25) is 0 Å². The van der Waals surface area contributed by atoms with Crippen LogP contribution in [0.4, 0.5) is 0 Å². The molecule has 2 heterocycles. The van der Waals surface area contributed by atoms with E-state index in [2.05, 4.69) is 9.97 Å². The van der Waals surface area contributed by atoms with Crippen LogP contribution in [0.3, 0.4) is 0 Å². The molecule has 1 aliphatic heterocycles. The molecule has 3 rings (SSSR count). The van der Waals surface area contributed by atoms with Gasteiger partial charge < -0.3 is 14.6 Å². The van der Waals surface area contributed by atoms with Gasteiger partial charge in [0.15, 0.2) is 0 Å². The van der Waals surface area contributed by atoms with Gasteiger partial charge in [-0.15, -0.1) is 0 Å². The van der Waals surface area contributed by atoms with Gasteiger partial charge in [-0.3, -0.25) is 9.59 Å². The lowest BCUT2D eigenvalue weighted by atomic mass is 9.87. The lowest BCUT2D eigenvalue weighted by molar-refractivity contribution is -0.152. The number of amides is 1. The number of nitrogens with one attached hydrogen (secondary N) is 1. The first-order chi connectivity index (χ1) is 10.7. The highest BCUT2D eigenvalue weighted by Gasteiger charge is 2.34. The number of esters is 1. The van der Waals surface area contributed by atoms with Crippen molar-refractivity contribution in [1.82, 2.24) is 14.9 Å². The molecular weight excluding hydrogens is 282 g/mol. The number of imidazole rings is 1. The van der Waals surface area contributed by atoms with E-state index in [0.29, 0.717) is 13.2 Å². The number of hydrogen-bond donors (Lipinski definition) is 1. The van der Waals surface area contributed by atoms with Crippen LogP contribution < -0.4 is 0 Å². The third kappa shape index (κ3) is 3.00. The number of aromatic nitrogens is 2. The van der Waals surface area contributed by atoms with Crippen LogP contribution in [-0.4, -0.2) is 46.4 Å². The molecule has 1 aliphatic carbocycles. The van der Waals surface area contributed by atoms with Crippen LogP contribution >= 0.6 is 0 Å². The van der Waals surface area contributed by atoms with Crippen molar-refractivity contribution in [3.05, 3.63) is 17.7 Å². The van der Waals surface area contributed by atoms with Crippen molar-refractivity contribution in [3.63, 3.8) is 0 Å². The van der Waals surface area contributed by atoms with E-state index in [4.69, 9.17) is 4.74 Å². The first-order valence-electron chi connectivity index (χ1n) is 8.15. The zero-order valence-corrected chi connectivity index (χ0v) is 13.0. The minimum absolute atomic E-state index is 0.00824. The summed E-state index contributed by atoms with van der Waals surface area (Å²) in [5.41, 5.74) is 2.18. The van der Waals surface area contributed by atoms with E-state index in [-0.39, 0.29) is 23.7 Å². The number of aromatic amines is 1. The second-order valence-corrected chi connectivity index (χ2v) is 6.14. The van der Waals surface area contributed by atoms with Gasteiger partial charge in [0.05, 0.1) is 24.5 Å². The molecule has 120 valence electrons. The standard InChI is InChI=1S/C16H23N3O3/c1-2-22-16(21)12-4-3-7-19(9-12)15(20)11-5-6-13-14(8-11)18-10-17-13/h10-12H,2-9H2,1H3,(H,17,18). The molecule has 0 aromatic carbocycles. The summed E-state index contributed by atoms with van der Waals surface area (Å²) in [7, 11) is 0. The number of fused-ring (bicyclic) bond motifs is 1. The normalized spacial score (nSPS) is 24.7. The Balaban J connectivity index is 1.61. The zero-order valence-electron chi connectivity index (χ0n) is 13.0. The van der Waals surface area contributed by atoms with E-state index in [1.54, 1.807) is 6.33 Å². The third-order valence-electron chi connectivity index (χ3n) is 4.69. The van der Waals surface area contributed by atoms with Crippen molar-refractivity contribution in [3.8, 4) is 0 Å². The van der Waals surface area contributed by atoms with Gasteiger partial charge in [0.1, 0.15) is 0 Å². The first-order valence-corrected chi connectivity index (χ1v) is 8.15. The predicted octanol–water partition coefficient (Wildman–Crippen LogP) is 1.32. The van der Waals surface area contributed by atoms with Crippen LogP contribution in [0.15, 0.2) is 6.33 Å². The summed E-state index contributed by atoms with van der Waals surface area (Å²) >= 11 is 0. The van der Waals surface area contributed by atoms with Gasteiger partial charge in [0.2, 0.25) is 5.91 Å². The monoisotopic (exact) mass is 305 g/mol. The summed E-state index contributed by atoms with van der Waals surface area (Å²) in [6.07, 6.45) is 5.82. The number of H-pyrrole nitrogens is 1. The van der Waals surface area contributed by atoms with Crippen LogP contribution in [0.5, 0.6) is 0 Å². The molecule has 1 saturated heterocycles. The average Bonchev–Trinajstić information content (AvgIpc) is 3.02. The van der Waals surface area contributed by atoms with Gasteiger partial charge in [-0.05, 0) is 32.6 Å².